The van der Waals surface area contributed by atoms with Crippen LogP contribution < -0.4 is 15.4 Å². The highest BCUT2D eigenvalue weighted by Crippen LogP contribution is 2.21. The SMILES string of the molecule is CCNC(=O)[C@H](C)c1ccc(O[C@@H]2CCNC2)cc1. The van der Waals surface area contributed by atoms with Gasteiger partial charge in [-0.1, -0.05) is 12.1 Å². The summed E-state index contributed by atoms with van der Waals surface area (Å²) in [5, 5.41) is 6.11. The molecule has 0 bridgehead atoms. The van der Waals surface area contributed by atoms with Crippen molar-refractivity contribution in [3.05, 3.63) is 29.8 Å². The Kier molecular flexibility index (Phi) is 4.80. The minimum absolute atomic E-state index is 0.0659. The molecule has 1 saturated heterocycles. The molecule has 1 heterocycles. The lowest BCUT2D eigenvalue weighted by Crippen LogP contribution is -2.27. The molecule has 1 aromatic rings. The van der Waals surface area contributed by atoms with Crippen LogP contribution >= 0.6 is 0 Å². The first-order chi connectivity index (χ1) is 9.20. The van der Waals surface area contributed by atoms with E-state index in [0.29, 0.717) is 6.54 Å². The van der Waals surface area contributed by atoms with E-state index in [1.165, 1.54) is 0 Å². The standard InChI is InChI=1S/C15H22N2O2/c1-3-17-15(18)11(2)12-4-6-13(7-5-12)19-14-8-9-16-10-14/h4-7,11,14,16H,3,8-10H2,1-2H3,(H,17,18)/t11-,14-/m1/s1. The molecule has 0 saturated carbocycles. The van der Waals surface area contributed by atoms with Crippen LogP contribution in [0.1, 0.15) is 31.7 Å². The van der Waals surface area contributed by atoms with Crippen LogP contribution in [0.2, 0.25) is 0 Å². The summed E-state index contributed by atoms with van der Waals surface area (Å²) < 4.78 is 5.85. The number of carbonyl (C=O) groups excluding carboxylic acids is 1. The van der Waals surface area contributed by atoms with E-state index in [9.17, 15) is 4.79 Å². The van der Waals surface area contributed by atoms with Crippen molar-refractivity contribution >= 4 is 5.91 Å². The van der Waals surface area contributed by atoms with Crippen LogP contribution in [0.5, 0.6) is 5.75 Å². The molecule has 4 nitrogen and oxygen atoms in total. The quantitative estimate of drug-likeness (QED) is 0.848. The van der Waals surface area contributed by atoms with Gasteiger partial charge >= 0.3 is 0 Å². The van der Waals surface area contributed by atoms with Gasteiger partial charge in [0.1, 0.15) is 11.9 Å². The average Bonchev–Trinajstić information content (AvgIpc) is 2.92. The van der Waals surface area contributed by atoms with Crippen LogP contribution in [-0.4, -0.2) is 31.6 Å². The topological polar surface area (TPSA) is 50.4 Å². The third-order valence-electron chi connectivity index (χ3n) is 3.44. The lowest BCUT2D eigenvalue weighted by molar-refractivity contribution is -0.122. The van der Waals surface area contributed by atoms with Gasteiger partial charge in [0, 0.05) is 13.1 Å². The molecule has 0 unspecified atom stereocenters. The maximum atomic E-state index is 11.8. The highest BCUT2D eigenvalue weighted by atomic mass is 16.5. The Balaban J connectivity index is 1.95. The van der Waals surface area contributed by atoms with E-state index in [1.807, 2.05) is 38.1 Å². The Labute approximate surface area is 114 Å². The van der Waals surface area contributed by atoms with E-state index in [1.54, 1.807) is 0 Å². The summed E-state index contributed by atoms with van der Waals surface area (Å²) in [5.41, 5.74) is 1.02. The van der Waals surface area contributed by atoms with Crippen molar-refractivity contribution in [3.8, 4) is 5.75 Å². The molecular formula is C15H22N2O2. The molecule has 2 atom stereocenters. The zero-order valence-corrected chi connectivity index (χ0v) is 11.6. The third kappa shape index (κ3) is 3.70. The molecule has 1 aromatic carbocycles. The minimum atomic E-state index is -0.123. The van der Waals surface area contributed by atoms with Crippen molar-refractivity contribution in [2.45, 2.75) is 32.3 Å². The molecule has 19 heavy (non-hydrogen) atoms. The number of hydrogen-bond acceptors (Lipinski definition) is 3. The van der Waals surface area contributed by atoms with Crippen LogP contribution in [0.3, 0.4) is 0 Å². The molecular weight excluding hydrogens is 240 g/mol. The Hall–Kier alpha value is -1.55. The van der Waals surface area contributed by atoms with Gasteiger partial charge in [-0.25, -0.2) is 0 Å². The summed E-state index contributed by atoms with van der Waals surface area (Å²) in [6, 6.07) is 7.84. The van der Waals surface area contributed by atoms with Crippen LogP contribution in [-0.2, 0) is 4.79 Å². The molecule has 2 rings (SSSR count). The van der Waals surface area contributed by atoms with E-state index >= 15 is 0 Å². The summed E-state index contributed by atoms with van der Waals surface area (Å²) >= 11 is 0. The number of benzene rings is 1. The molecule has 4 heteroatoms. The van der Waals surface area contributed by atoms with Gasteiger partial charge in [-0.05, 0) is 44.5 Å². The van der Waals surface area contributed by atoms with E-state index in [2.05, 4.69) is 10.6 Å². The third-order valence-corrected chi connectivity index (χ3v) is 3.44. The van der Waals surface area contributed by atoms with Gasteiger partial charge in [0.2, 0.25) is 5.91 Å². The van der Waals surface area contributed by atoms with Crippen molar-refractivity contribution in [3.63, 3.8) is 0 Å². The first-order valence-corrected chi connectivity index (χ1v) is 6.95. The van der Waals surface area contributed by atoms with Crippen molar-refractivity contribution < 1.29 is 9.53 Å². The first-order valence-electron chi connectivity index (χ1n) is 6.95. The predicted molar refractivity (Wildman–Crippen MR) is 75.4 cm³/mol. The molecule has 1 amide bonds. The van der Waals surface area contributed by atoms with E-state index < -0.39 is 0 Å². The predicted octanol–water partition coefficient (Wildman–Crippen LogP) is 1.67. The van der Waals surface area contributed by atoms with Crippen LogP contribution in [0.25, 0.3) is 0 Å². The van der Waals surface area contributed by atoms with Crippen molar-refractivity contribution in [1.29, 1.82) is 0 Å². The number of hydrogen-bond donors (Lipinski definition) is 2. The molecule has 1 aliphatic heterocycles. The van der Waals surface area contributed by atoms with Crippen LogP contribution in [0.15, 0.2) is 24.3 Å². The number of ether oxygens (including phenoxy) is 1. The largest absolute Gasteiger partial charge is 0.489 e. The Morgan fingerprint density at radius 3 is 2.79 bits per heavy atom. The Bertz CT molecular complexity index is 411. The van der Waals surface area contributed by atoms with Gasteiger partial charge in [0.25, 0.3) is 0 Å². The zero-order chi connectivity index (χ0) is 13.7. The molecule has 0 spiro atoms. The van der Waals surface area contributed by atoms with Gasteiger partial charge in [-0.3, -0.25) is 4.79 Å². The number of nitrogens with one attached hydrogen (secondary N) is 2. The summed E-state index contributed by atoms with van der Waals surface area (Å²) in [4.78, 5) is 11.8. The fourth-order valence-electron chi connectivity index (χ4n) is 2.23. The lowest BCUT2D eigenvalue weighted by atomic mass is 10.0. The van der Waals surface area contributed by atoms with Gasteiger partial charge in [-0.15, -0.1) is 0 Å². The second-order valence-electron chi connectivity index (χ2n) is 4.92. The Morgan fingerprint density at radius 1 is 1.47 bits per heavy atom. The van der Waals surface area contributed by atoms with Crippen LogP contribution in [0.4, 0.5) is 0 Å². The van der Waals surface area contributed by atoms with Crippen molar-refractivity contribution in [1.82, 2.24) is 10.6 Å². The fourth-order valence-corrected chi connectivity index (χ4v) is 2.23. The summed E-state index contributed by atoms with van der Waals surface area (Å²) in [6.07, 6.45) is 1.32. The Morgan fingerprint density at radius 2 is 2.21 bits per heavy atom. The monoisotopic (exact) mass is 262 g/mol. The molecule has 0 aliphatic carbocycles. The molecule has 104 valence electrons. The molecule has 0 radical (unpaired) electrons. The summed E-state index contributed by atoms with van der Waals surface area (Å²) in [6.45, 7) is 6.45. The zero-order valence-electron chi connectivity index (χ0n) is 11.6. The maximum absolute atomic E-state index is 11.8. The lowest BCUT2D eigenvalue weighted by Gasteiger charge is -2.15. The molecule has 2 N–H and O–H groups in total. The maximum Gasteiger partial charge on any atom is 0.227 e. The molecule has 1 fully saturated rings. The number of amides is 1. The highest BCUT2D eigenvalue weighted by Gasteiger charge is 2.17. The number of likely N-dealkylation sites (N-methyl/N-ethyl adjacent to an activating group) is 1. The first kappa shape index (κ1) is 13.9. The summed E-state index contributed by atoms with van der Waals surface area (Å²) in [7, 11) is 0. The number of rotatable bonds is 5. The van der Waals surface area contributed by atoms with Crippen LogP contribution in [0, 0.1) is 0 Å². The average molecular weight is 262 g/mol. The highest BCUT2D eigenvalue weighted by molar-refractivity contribution is 5.83. The van der Waals surface area contributed by atoms with Gasteiger partial charge in [0.05, 0.1) is 5.92 Å². The second kappa shape index (κ2) is 6.57. The minimum Gasteiger partial charge on any atom is -0.489 e. The van der Waals surface area contributed by atoms with Crippen molar-refractivity contribution in [2.75, 3.05) is 19.6 Å². The van der Waals surface area contributed by atoms with Gasteiger partial charge in [-0.2, -0.15) is 0 Å². The normalized spacial score (nSPS) is 20.0. The number of carbonyl (C=O) groups is 1. The smallest absolute Gasteiger partial charge is 0.227 e. The molecule has 0 aromatic heterocycles. The molecule has 1 aliphatic rings. The van der Waals surface area contributed by atoms with E-state index in [4.69, 9.17) is 4.74 Å². The second-order valence-corrected chi connectivity index (χ2v) is 4.92. The summed E-state index contributed by atoms with van der Waals surface area (Å²) in [5.74, 6) is 0.818. The van der Waals surface area contributed by atoms with Gasteiger partial charge in [0.15, 0.2) is 0 Å². The van der Waals surface area contributed by atoms with Gasteiger partial charge < -0.3 is 15.4 Å². The van der Waals surface area contributed by atoms with E-state index in [0.717, 1.165) is 30.8 Å². The van der Waals surface area contributed by atoms with E-state index in [-0.39, 0.29) is 17.9 Å². The fraction of sp³-hybridized carbons (Fsp3) is 0.533. The van der Waals surface area contributed by atoms with Crippen molar-refractivity contribution in [2.24, 2.45) is 0 Å².